The van der Waals surface area contributed by atoms with Crippen molar-refractivity contribution in [3.8, 4) is 0 Å². The second-order valence-corrected chi connectivity index (χ2v) is 7.81. The van der Waals surface area contributed by atoms with Gasteiger partial charge in [-0.15, -0.1) is 0 Å². The van der Waals surface area contributed by atoms with Gasteiger partial charge in [-0.3, -0.25) is 9.59 Å². The molecule has 0 aliphatic heterocycles. The van der Waals surface area contributed by atoms with Gasteiger partial charge in [0.05, 0.1) is 0 Å². The lowest BCUT2D eigenvalue weighted by atomic mass is 9.97. The lowest BCUT2D eigenvalue weighted by Crippen LogP contribution is -2.47. The fourth-order valence-corrected chi connectivity index (χ4v) is 3.60. The van der Waals surface area contributed by atoms with Gasteiger partial charge in [0.2, 0.25) is 5.91 Å². The van der Waals surface area contributed by atoms with E-state index in [0.29, 0.717) is 18.5 Å². The molecule has 0 saturated heterocycles. The Morgan fingerprint density at radius 3 is 2.81 bits per heavy atom. The minimum atomic E-state index is -0.490. The van der Waals surface area contributed by atoms with Gasteiger partial charge in [-0.25, -0.2) is 0 Å². The highest BCUT2D eigenvalue weighted by molar-refractivity contribution is 7.98. The summed E-state index contributed by atoms with van der Waals surface area (Å²) in [5.74, 6) is 0.554. The van der Waals surface area contributed by atoms with E-state index >= 15 is 0 Å². The molecular weight excluding hydrogens is 344 g/mol. The van der Waals surface area contributed by atoms with Gasteiger partial charge in [0.25, 0.3) is 5.91 Å². The molecular formula is C21H30N2O2S. The highest BCUT2D eigenvalue weighted by Gasteiger charge is 2.21. The molecule has 0 bridgehead atoms. The van der Waals surface area contributed by atoms with Crippen LogP contribution < -0.4 is 10.6 Å². The fourth-order valence-electron chi connectivity index (χ4n) is 3.13. The van der Waals surface area contributed by atoms with Crippen LogP contribution in [0.2, 0.25) is 0 Å². The predicted molar refractivity (Wildman–Crippen MR) is 110 cm³/mol. The summed E-state index contributed by atoms with van der Waals surface area (Å²) in [5.41, 5.74) is 3.07. The standard InChI is InChI=1S/C21H30N2O2S/c1-16-7-6-10-18(15-16)20(24)23-19(12-14-26-2)21(25)22-13-11-17-8-4-3-5-9-17/h6-8,10,15,19H,3-5,9,11-14H2,1-2H3,(H,22,25)(H,23,24). The Labute approximate surface area is 161 Å². The molecule has 1 aromatic rings. The van der Waals surface area contributed by atoms with Gasteiger partial charge < -0.3 is 10.6 Å². The van der Waals surface area contributed by atoms with Crippen molar-refractivity contribution < 1.29 is 9.59 Å². The van der Waals surface area contributed by atoms with Crippen molar-refractivity contribution >= 4 is 23.6 Å². The van der Waals surface area contributed by atoms with E-state index in [1.165, 1.54) is 18.4 Å². The summed E-state index contributed by atoms with van der Waals surface area (Å²) in [6.07, 6.45) is 10.7. The molecule has 1 unspecified atom stereocenters. The quantitative estimate of drug-likeness (QED) is 0.646. The Morgan fingerprint density at radius 1 is 1.27 bits per heavy atom. The number of amides is 2. The number of allylic oxidation sites excluding steroid dienone is 1. The van der Waals surface area contributed by atoms with Crippen LogP contribution in [0.1, 0.15) is 54.4 Å². The number of rotatable bonds is 9. The van der Waals surface area contributed by atoms with Gasteiger partial charge in [0.1, 0.15) is 6.04 Å². The number of carbonyl (C=O) groups excluding carboxylic acids is 2. The number of carbonyl (C=O) groups is 2. The first-order valence-corrected chi connectivity index (χ1v) is 10.8. The molecule has 0 radical (unpaired) electrons. The van der Waals surface area contributed by atoms with Crippen LogP contribution in [0.25, 0.3) is 0 Å². The third kappa shape index (κ3) is 6.87. The van der Waals surface area contributed by atoms with E-state index < -0.39 is 6.04 Å². The van der Waals surface area contributed by atoms with E-state index in [4.69, 9.17) is 0 Å². The van der Waals surface area contributed by atoms with Crippen LogP contribution in [-0.4, -0.2) is 36.4 Å². The van der Waals surface area contributed by atoms with Crippen LogP contribution in [0.5, 0.6) is 0 Å². The van der Waals surface area contributed by atoms with Gasteiger partial charge in [-0.1, -0.05) is 29.3 Å². The molecule has 0 heterocycles. The van der Waals surface area contributed by atoms with Crippen LogP contribution in [0.3, 0.4) is 0 Å². The number of thioether (sulfide) groups is 1. The second kappa shape index (κ2) is 11.1. The molecule has 2 amide bonds. The maximum absolute atomic E-state index is 12.6. The maximum Gasteiger partial charge on any atom is 0.251 e. The van der Waals surface area contributed by atoms with Crippen molar-refractivity contribution in [2.75, 3.05) is 18.6 Å². The number of hydrogen-bond acceptors (Lipinski definition) is 3. The minimum absolute atomic E-state index is 0.0866. The summed E-state index contributed by atoms with van der Waals surface area (Å²) in [5, 5.41) is 5.91. The zero-order valence-electron chi connectivity index (χ0n) is 15.8. The Hall–Kier alpha value is -1.75. The summed E-state index contributed by atoms with van der Waals surface area (Å²) in [4.78, 5) is 25.1. The van der Waals surface area contributed by atoms with E-state index in [1.807, 2.05) is 31.4 Å². The second-order valence-electron chi connectivity index (χ2n) is 6.83. The van der Waals surface area contributed by atoms with Crippen molar-refractivity contribution in [2.45, 2.75) is 51.5 Å². The number of benzene rings is 1. The third-order valence-electron chi connectivity index (χ3n) is 4.64. The van der Waals surface area contributed by atoms with Crippen molar-refractivity contribution in [2.24, 2.45) is 0 Å². The number of nitrogens with one attached hydrogen (secondary N) is 2. The van der Waals surface area contributed by atoms with Gasteiger partial charge in [0, 0.05) is 12.1 Å². The predicted octanol–water partition coefficient (Wildman–Crippen LogP) is 3.85. The highest BCUT2D eigenvalue weighted by atomic mass is 32.2. The zero-order chi connectivity index (χ0) is 18.8. The SMILES string of the molecule is CSCCC(NC(=O)c1cccc(C)c1)C(=O)NCCC1=CCCCC1. The first-order valence-electron chi connectivity index (χ1n) is 9.42. The highest BCUT2D eigenvalue weighted by Crippen LogP contribution is 2.19. The Bertz CT molecular complexity index is 643. The molecule has 5 heteroatoms. The molecule has 4 nitrogen and oxygen atoms in total. The van der Waals surface area contributed by atoms with Crippen molar-refractivity contribution in [1.29, 1.82) is 0 Å². The average Bonchev–Trinajstić information content (AvgIpc) is 2.65. The lowest BCUT2D eigenvalue weighted by molar-refractivity contribution is -0.122. The minimum Gasteiger partial charge on any atom is -0.354 e. The molecule has 0 saturated carbocycles. The summed E-state index contributed by atoms with van der Waals surface area (Å²) in [6.45, 7) is 2.59. The molecule has 0 spiro atoms. The largest absolute Gasteiger partial charge is 0.354 e. The molecule has 142 valence electrons. The van der Waals surface area contributed by atoms with E-state index in [2.05, 4.69) is 16.7 Å². The molecule has 1 aromatic carbocycles. The van der Waals surface area contributed by atoms with E-state index in [9.17, 15) is 9.59 Å². The van der Waals surface area contributed by atoms with E-state index in [0.717, 1.165) is 30.6 Å². The summed E-state index contributed by atoms with van der Waals surface area (Å²) in [7, 11) is 0. The van der Waals surface area contributed by atoms with Crippen molar-refractivity contribution in [3.63, 3.8) is 0 Å². The van der Waals surface area contributed by atoms with Gasteiger partial charge in [-0.05, 0) is 69.6 Å². The van der Waals surface area contributed by atoms with Gasteiger partial charge >= 0.3 is 0 Å². The Kier molecular flexibility index (Phi) is 8.75. The van der Waals surface area contributed by atoms with Crippen LogP contribution in [0.15, 0.2) is 35.9 Å². The molecule has 0 aromatic heterocycles. The number of hydrogen-bond donors (Lipinski definition) is 2. The normalized spacial score (nSPS) is 15.1. The monoisotopic (exact) mass is 374 g/mol. The van der Waals surface area contributed by atoms with Crippen LogP contribution in [-0.2, 0) is 4.79 Å². The van der Waals surface area contributed by atoms with Gasteiger partial charge in [0.15, 0.2) is 0 Å². The average molecular weight is 375 g/mol. The first kappa shape index (κ1) is 20.6. The van der Waals surface area contributed by atoms with Crippen LogP contribution in [0, 0.1) is 6.92 Å². The Balaban J connectivity index is 1.89. The lowest BCUT2D eigenvalue weighted by Gasteiger charge is -2.19. The van der Waals surface area contributed by atoms with Gasteiger partial charge in [-0.2, -0.15) is 11.8 Å². The fraction of sp³-hybridized carbons (Fsp3) is 0.524. The zero-order valence-corrected chi connectivity index (χ0v) is 16.7. The first-order chi connectivity index (χ1) is 12.6. The topological polar surface area (TPSA) is 58.2 Å². The smallest absolute Gasteiger partial charge is 0.251 e. The van der Waals surface area contributed by atoms with Crippen LogP contribution in [0.4, 0.5) is 0 Å². The maximum atomic E-state index is 12.6. The summed E-state index contributed by atoms with van der Waals surface area (Å²) >= 11 is 1.68. The van der Waals surface area contributed by atoms with Crippen molar-refractivity contribution in [1.82, 2.24) is 10.6 Å². The molecule has 2 rings (SSSR count). The van der Waals surface area contributed by atoms with Crippen LogP contribution >= 0.6 is 11.8 Å². The molecule has 1 atom stereocenters. The molecule has 1 aliphatic rings. The summed E-state index contributed by atoms with van der Waals surface area (Å²) < 4.78 is 0. The molecule has 0 fully saturated rings. The summed E-state index contributed by atoms with van der Waals surface area (Å²) in [6, 6.07) is 6.94. The molecule has 26 heavy (non-hydrogen) atoms. The van der Waals surface area contributed by atoms with Crippen molar-refractivity contribution in [3.05, 3.63) is 47.0 Å². The third-order valence-corrected chi connectivity index (χ3v) is 5.29. The van der Waals surface area contributed by atoms with E-state index in [-0.39, 0.29) is 11.8 Å². The Morgan fingerprint density at radius 2 is 2.12 bits per heavy atom. The molecule has 2 N–H and O–H groups in total. The number of aryl methyl sites for hydroxylation is 1. The van der Waals surface area contributed by atoms with E-state index in [1.54, 1.807) is 17.8 Å². The molecule has 1 aliphatic carbocycles.